The molecule has 0 saturated heterocycles. The minimum Gasteiger partial charge on any atom is -0.294 e. The summed E-state index contributed by atoms with van der Waals surface area (Å²) in [6.45, 7) is 8.31. The van der Waals surface area contributed by atoms with E-state index in [1.165, 1.54) is 5.56 Å². The molecule has 0 amide bonds. The third-order valence-electron chi connectivity index (χ3n) is 4.06. The summed E-state index contributed by atoms with van der Waals surface area (Å²) in [5.41, 5.74) is 5.02. The SMILES string of the molecule is Cc1ccccc1-n1nc(C)c2c1CC(C)(C)CC2=O. The molecule has 0 saturated carbocycles. The van der Waals surface area contributed by atoms with E-state index < -0.39 is 0 Å². The Bertz CT molecular complexity index is 695. The van der Waals surface area contributed by atoms with Crippen molar-refractivity contribution in [2.45, 2.75) is 40.5 Å². The van der Waals surface area contributed by atoms with Gasteiger partial charge in [0.15, 0.2) is 5.78 Å². The zero-order valence-corrected chi connectivity index (χ0v) is 12.5. The van der Waals surface area contributed by atoms with Crippen molar-refractivity contribution >= 4 is 5.78 Å². The Hall–Kier alpha value is -1.90. The van der Waals surface area contributed by atoms with Crippen LogP contribution < -0.4 is 0 Å². The maximum Gasteiger partial charge on any atom is 0.167 e. The molecule has 0 radical (unpaired) electrons. The fourth-order valence-corrected chi connectivity index (χ4v) is 3.14. The number of hydrogen-bond acceptors (Lipinski definition) is 2. The van der Waals surface area contributed by atoms with Gasteiger partial charge in [0.1, 0.15) is 0 Å². The monoisotopic (exact) mass is 268 g/mol. The van der Waals surface area contributed by atoms with Crippen LogP contribution in [-0.4, -0.2) is 15.6 Å². The van der Waals surface area contributed by atoms with Crippen LogP contribution in [0.4, 0.5) is 0 Å². The Morgan fingerprint density at radius 1 is 1.15 bits per heavy atom. The van der Waals surface area contributed by atoms with Gasteiger partial charge in [0, 0.05) is 6.42 Å². The second-order valence-corrected chi connectivity index (χ2v) is 6.55. The van der Waals surface area contributed by atoms with Crippen LogP contribution in [0, 0.1) is 19.3 Å². The molecule has 1 aliphatic carbocycles. The first-order chi connectivity index (χ1) is 9.39. The van der Waals surface area contributed by atoms with Crippen molar-refractivity contribution in [3.63, 3.8) is 0 Å². The van der Waals surface area contributed by atoms with Gasteiger partial charge < -0.3 is 0 Å². The summed E-state index contributed by atoms with van der Waals surface area (Å²) in [6, 6.07) is 8.18. The summed E-state index contributed by atoms with van der Waals surface area (Å²) < 4.78 is 1.97. The van der Waals surface area contributed by atoms with Gasteiger partial charge in [0.2, 0.25) is 0 Å². The molecule has 1 aromatic heterocycles. The molecule has 2 aromatic rings. The third-order valence-corrected chi connectivity index (χ3v) is 4.06. The van der Waals surface area contributed by atoms with Gasteiger partial charge in [-0.2, -0.15) is 5.10 Å². The van der Waals surface area contributed by atoms with E-state index in [1.807, 2.05) is 23.7 Å². The first-order valence-electron chi connectivity index (χ1n) is 7.07. The summed E-state index contributed by atoms with van der Waals surface area (Å²) >= 11 is 0. The molecule has 0 unspecified atom stereocenters. The molecule has 1 heterocycles. The van der Waals surface area contributed by atoms with Gasteiger partial charge in [-0.05, 0) is 37.3 Å². The normalized spacial score (nSPS) is 17.1. The van der Waals surface area contributed by atoms with Crippen LogP contribution in [0.5, 0.6) is 0 Å². The number of carbonyl (C=O) groups is 1. The van der Waals surface area contributed by atoms with Gasteiger partial charge in [0.05, 0.1) is 22.6 Å². The Balaban J connectivity index is 2.23. The largest absolute Gasteiger partial charge is 0.294 e. The van der Waals surface area contributed by atoms with Gasteiger partial charge in [-0.1, -0.05) is 32.0 Å². The van der Waals surface area contributed by atoms with Crippen molar-refractivity contribution in [2.75, 3.05) is 0 Å². The highest BCUT2D eigenvalue weighted by atomic mass is 16.1. The molecule has 3 nitrogen and oxygen atoms in total. The second kappa shape index (κ2) is 4.30. The number of Topliss-reactive ketones (excluding diaryl/α,β-unsaturated/α-hetero) is 1. The van der Waals surface area contributed by atoms with Gasteiger partial charge in [-0.3, -0.25) is 4.79 Å². The molecule has 20 heavy (non-hydrogen) atoms. The van der Waals surface area contributed by atoms with E-state index in [2.05, 4.69) is 38.0 Å². The van der Waals surface area contributed by atoms with Crippen LogP contribution in [0.25, 0.3) is 5.69 Å². The number of para-hydroxylation sites is 1. The molecule has 0 spiro atoms. The highest BCUT2D eigenvalue weighted by molar-refractivity contribution is 5.99. The highest BCUT2D eigenvalue weighted by Crippen LogP contribution is 2.37. The lowest BCUT2D eigenvalue weighted by atomic mass is 9.75. The maximum absolute atomic E-state index is 12.4. The fraction of sp³-hybridized carbons (Fsp3) is 0.412. The van der Waals surface area contributed by atoms with Crippen molar-refractivity contribution in [1.82, 2.24) is 9.78 Å². The number of rotatable bonds is 1. The van der Waals surface area contributed by atoms with Gasteiger partial charge in [-0.25, -0.2) is 4.68 Å². The molecule has 1 aromatic carbocycles. The minimum absolute atomic E-state index is 0.0109. The Morgan fingerprint density at radius 2 is 1.85 bits per heavy atom. The lowest BCUT2D eigenvalue weighted by Crippen LogP contribution is -2.28. The van der Waals surface area contributed by atoms with E-state index in [0.717, 1.165) is 29.1 Å². The number of aryl methyl sites for hydroxylation is 2. The smallest absolute Gasteiger partial charge is 0.167 e. The van der Waals surface area contributed by atoms with Crippen LogP contribution in [-0.2, 0) is 6.42 Å². The molecule has 0 aliphatic heterocycles. The van der Waals surface area contributed by atoms with E-state index in [-0.39, 0.29) is 11.2 Å². The summed E-state index contributed by atoms with van der Waals surface area (Å²) in [7, 11) is 0. The van der Waals surface area contributed by atoms with Crippen molar-refractivity contribution < 1.29 is 4.79 Å². The Kier molecular flexibility index (Phi) is 2.82. The predicted molar refractivity (Wildman–Crippen MR) is 79.5 cm³/mol. The standard InChI is InChI=1S/C17H20N2O/c1-11-7-5-6-8-13(11)19-14-9-17(3,4)10-15(20)16(14)12(2)18-19/h5-8H,9-10H2,1-4H3. The minimum atomic E-state index is 0.0109. The fourth-order valence-electron chi connectivity index (χ4n) is 3.14. The Labute approximate surface area is 119 Å². The van der Waals surface area contributed by atoms with Gasteiger partial charge >= 0.3 is 0 Å². The summed E-state index contributed by atoms with van der Waals surface area (Å²) in [4.78, 5) is 12.4. The molecule has 104 valence electrons. The number of hydrogen-bond donors (Lipinski definition) is 0. The molecule has 1 aliphatic rings. The van der Waals surface area contributed by atoms with Crippen molar-refractivity contribution in [1.29, 1.82) is 0 Å². The van der Waals surface area contributed by atoms with Gasteiger partial charge in [-0.15, -0.1) is 0 Å². The predicted octanol–water partition coefficient (Wildman–Crippen LogP) is 3.64. The lowest BCUT2D eigenvalue weighted by molar-refractivity contribution is 0.0910. The average Bonchev–Trinajstić information content (AvgIpc) is 2.65. The number of benzene rings is 1. The van der Waals surface area contributed by atoms with Crippen LogP contribution in [0.1, 0.15) is 47.6 Å². The molecule has 0 bridgehead atoms. The molecule has 0 atom stereocenters. The molecule has 0 fully saturated rings. The topological polar surface area (TPSA) is 34.9 Å². The Morgan fingerprint density at radius 3 is 2.55 bits per heavy atom. The summed E-state index contributed by atoms with van der Waals surface area (Å²) in [5, 5.41) is 4.64. The van der Waals surface area contributed by atoms with Crippen molar-refractivity contribution in [3.05, 3.63) is 46.8 Å². The first kappa shape index (κ1) is 13.1. The van der Waals surface area contributed by atoms with E-state index in [0.29, 0.717) is 6.42 Å². The van der Waals surface area contributed by atoms with E-state index >= 15 is 0 Å². The zero-order valence-electron chi connectivity index (χ0n) is 12.5. The molecule has 3 rings (SSSR count). The van der Waals surface area contributed by atoms with E-state index in [1.54, 1.807) is 0 Å². The van der Waals surface area contributed by atoms with Crippen molar-refractivity contribution in [3.8, 4) is 5.69 Å². The number of ketones is 1. The zero-order chi connectivity index (χ0) is 14.5. The van der Waals surface area contributed by atoms with E-state index in [9.17, 15) is 4.79 Å². The van der Waals surface area contributed by atoms with Crippen LogP contribution >= 0.6 is 0 Å². The number of fused-ring (bicyclic) bond motifs is 1. The van der Waals surface area contributed by atoms with E-state index in [4.69, 9.17) is 0 Å². The number of carbonyl (C=O) groups excluding carboxylic acids is 1. The first-order valence-corrected chi connectivity index (χ1v) is 7.07. The lowest BCUT2D eigenvalue weighted by Gasteiger charge is -2.29. The molecule has 0 N–H and O–H groups in total. The molecular formula is C17H20N2O. The van der Waals surface area contributed by atoms with Crippen LogP contribution in [0.15, 0.2) is 24.3 Å². The highest BCUT2D eigenvalue weighted by Gasteiger charge is 2.35. The van der Waals surface area contributed by atoms with Crippen molar-refractivity contribution in [2.24, 2.45) is 5.41 Å². The number of nitrogens with zero attached hydrogens (tertiary/aromatic N) is 2. The third kappa shape index (κ3) is 1.98. The number of aromatic nitrogens is 2. The quantitative estimate of drug-likeness (QED) is 0.791. The van der Waals surface area contributed by atoms with Crippen LogP contribution in [0.3, 0.4) is 0 Å². The summed E-state index contributed by atoms with van der Waals surface area (Å²) in [5.74, 6) is 0.230. The van der Waals surface area contributed by atoms with Gasteiger partial charge in [0.25, 0.3) is 0 Å². The maximum atomic E-state index is 12.4. The molecule has 3 heteroatoms. The summed E-state index contributed by atoms with van der Waals surface area (Å²) in [6.07, 6.45) is 1.50. The average molecular weight is 268 g/mol. The molecular weight excluding hydrogens is 248 g/mol. The second-order valence-electron chi connectivity index (χ2n) is 6.55. The van der Waals surface area contributed by atoms with Crippen LogP contribution in [0.2, 0.25) is 0 Å².